The van der Waals surface area contributed by atoms with E-state index < -0.39 is 32.5 Å². The first-order valence-electron chi connectivity index (χ1n) is 10.6. The molecule has 0 saturated carbocycles. The number of carboxylic acids is 1. The number of aromatic nitrogens is 1. The highest BCUT2D eigenvalue weighted by Crippen LogP contribution is 2.28. The number of rotatable bonds is 8. The van der Waals surface area contributed by atoms with Gasteiger partial charge in [0.05, 0.1) is 5.69 Å². The van der Waals surface area contributed by atoms with Crippen molar-refractivity contribution in [1.82, 2.24) is 9.71 Å². The number of carboxylic acid groups (broad SMARTS) is 1. The number of anilines is 2. The van der Waals surface area contributed by atoms with Crippen molar-refractivity contribution in [3.63, 3.8) is 0 Å². The maximum absolute atomic E-state index is 14.5. The summed E-state index contributed by atoms with van der Waals surface area (Å²) in [4.78, 5) is 14.9. The van der Waals surface area contributed by atoms with Crippen LogP contribution in [0.3, 0.4) is 0 Å². The summed E-state index contributed by atoms with van der Waals surface area (Å²) in [5, 5.41) is 26.6. The van der Waals surface area contributed by atoms with Crippen LogP contribution in [0.4, 0.5) is 15.2 Å². The number of phenols is 1. The lowest BCUT2D eigenvalue weighted by Crippen LogP contribution is -2.24. The third-order valence-electron chi connectivity index (χ3n) is 5.04. The van der Waals surface area contributed by atoms with Gasteiger partial charge in [-0.25, -0.2) is 27.3 Å². The fourth-order valence-electron chi connectivity index (χ4n) is 3.23. The Balaban J connectivity index is 1.46. The Morgan fingerprint density at radius 1 is 1.05 bits per heavy atom. The van der Waals surface area contributed by atoms with Crippen LogP contribution in [0, 0.1) is 5.82 Å². The van der Waals surface area contributed by atoms with E-state index in [4.69, 9.17) is 17.3 Å². The van der Waals surface area contributed by atoms with E-state index in [9.17, 15) is 22.7 Å². The molecule has 0 aliphatic carbocycles. The lowest BCUT2D eigenvalue weighted by Gasteiger charge is -2.10. The van der Waals surface area contributed by atoms with Crippen LogP contribution in [0.25, 0.3) is 11.3 Å². The Morgan fingerprint density at radius 3 is 2.51 bits per heavy atom. The van der Waals surface area contributed by atoms with E-state index in [2.05, 4.69) is 20.3 Å². The highest BCUT2D eigenvalue weighted by molar-refractivity contribution is 7.89. The average Bonchev–Trinajstić information content (AvgIpc) is 3.31. The normalized spacial score (nSPS) is 11.2. The number of thiazole rings is 1. The van der Waals surface area contributed by atoms with Gasteiger partial charge in [-0.3, -0.25) is 0 Å². The van der Waals surface area contributed by atoms with Crippen molar-refractivity contribution in [2.24, 2.45) is 0 Å². The fraction of sp³-hybridized carbons (Fsp3) is 0.0417. The van der Waals surface area contributed by atoms with Crippen LogP contribution in [-0.4, -0.2) is 34.7 Å². The Kier molecular flexibility index (Phi) is 7.78. The molecular formula is C24H19FN4O5S3. The number of aromatic hydroxyl groups is 1. The Morgan fingerprint density at radius 2 is 1.81 bits per heavy atom. The molecule has 0 aliphatic heterocycles. The molecule has 0 atom stereocenters. The van der Waals surface area contributed by atoms with Crippen molar-refractivity contribution in [2.45, 2.75) is 11.4 Å². The van der Waals surface area contributed by atoms with Gasteiger partial charge in [-0.1, -0.05) is 30.3 Å². The van der Waals surface area contributed by atoms with Gasteiger partial charge in [0.25, 0.3) is 0 Å². The van der Waals surface area contributed by atoms with Crippen molar-refractivity contribution in [3.8, 4) is 17.0 Å². The lowest BCUT2D eigenvalue weighted by atomic mass is 10.2. The molecule has 9 nitrogen and oxygen atoms in total. The molecule has 3 aromatic carbocycles. The van der Waals surface area contributed by atoms with Crippen LogP contribution in [0.5, 0.6) is 5.75 Å². The minimum atomic E-state index is -4.13. The van der Waals surface area contributed by atoms with Gasteiger partial charge < -0.3 is 20.8 Å². The second-order valence-electron chi connectivity index (χ2n) is 7.61. The van der Waals surface area contributed by atoms with Crippen molar-refractivity contribution in [2.75, 3.05) is 10.6 Å². The zero-order valence-electron chi connectivity index (χ0n) is 18.8. The Hall–Kier alpha value is -3.91. The predicted molar refractivity (Wildman–Crippen MR) is 143 cm³/mol. The Labute approximate surface area is 220 Å². The summed E-state index contributed by atoms with van der Waals surface area (Å²) in [6.45, 7) is 0.0128. The third-order valence-corrected chi connectivity index (χ3v) is 7.41. The summed E-state index contributed by atoms with van der Waals surface area (Å²) in [6, 6.07) is 16.5. The van der Waals surface area contributed by atoms with Crippen LogP contribution in [0.2, 0.25) is 0 Å². The average molecular weight is 559 g/mol. The topological polar surface area (TPSA) is 141 Å². The first kappa shape index (κ1) is 26.2. The van der Waals surface area contributed by atoms with Gasteiger partial charge in [0.2, 0.25) is 10.0 Å². The molecule has 1 aromatic heterocycles. The number of carbonyl (C=O) groups is 1. The maximum atomic E-state index is 14.5. The highest BCUT2D eigenvalue weighted by atomic mass is 32.2. The van der Waals surface area contributed by atoms with Crippen LogP contribution in [-0.2, 0) is 16.6 Å². The molecule has 0 aliphatic rings. The highest BCUT2D eigenvalue weighted by Gasteiger charge is 2.20. The molecule has 0 amide bonds. The zero-order chi connectivity index (χ0) is 26.6. The van der Waals surface area contributed by atoms with Crippen LogP contribution >= 0.6 is 23.6 Å². The summed E-state index contributed by atoms with van der Waals surface area (Å²) < 4.78 is 42.4. The quantitative estimate of drug-likeness (QED) is 0.196. The summed E-state index contributed by atoms with van der Waals surface area (Å²) >= 11 is 6.42. The Bertz CT molecular complexity index is 1580. The smallest absolute Gasteiger partial charge is 0.339 e. The first-order valence-corrected chi connectivity index (χ1v) is 13.3. The van der Waals surface area contributed by atoms with Crippen LogP contribution < -0.4 is 15.4 Å². The fourth-order valence-corrected chi connectivity index (χ4v) is 5.36. The zero-order valence-corrected chi connectivity index (χ0v) is 21.3. The van der Waals surface area contributed by atoms with Crippen LogP contribution in [0.15, 0.2) is 77.0 Å². The molecule has 4 rings (SSSR count). The van der Waals surface area contributed by atoms with Gasteiger partial charge in [-0.15, -0.1) is 11.3 Å². The van der Waals surface area contributed by atoms with Crippen LogP contribution in [0.1, 0.15) is 15.9 Å². The number of benzene rings is 3. The summed E-state index contributed by atoms with van der Waals surface area (Å²) in [5.41, 5.74) is 1.63. The molecule has 190 valence electrons. The lowest BCUT2D eigenvalue weighted by molar-refractivity contribution is 0.0693. The van der Waals surface area contributed by atoms with Gasteiger partial charge in [-0.2, -0.15) is 0 Å². The molecular weight excluding hydrogens is 539 g/mol. The van der Waals surface area contributed by atoms with E-state index in [1.54, 1.807) is 29.6 Å². The maximum Gasteiger partial charge on any atom is 0.339 e. The van der Waals surface area contributed by atoms with Crippen molar-refractivity contribution >= 4 is 55.5 Å². The van der Waals surface area contributed by atoms with E-state index in [1.807, 2.05) is 6.07 Å². The van der Waals surface area contributed by atoms with E-state index in [0.29, 0.717) is 22.1 Å². The summed E-state index contributed by atoms with van der Waals surface area (Å²) in [6.07, 6.45) is 0. The number of thiocarbonyl (C=S) groups is 1. The molecule has 0 radical (unpaired) electrons. The number of hydrogen-bond donors (Lipinski definition) is 5. The van der Waals surface area contributed by atoms with Crippen molar-refractivity contribution in [1.29, 1.82) is 0 Å². The third kappa shape index (κ3) is 6.46. The molecule has 4 aromatic rings. The number of sulfonamides is 1. The standard InChI is InChI=1S/C24H19FN4O5S3/c25-18-9-6-15(10-21(18)37(33,34)26-12-14-4-2-1-3-5-14)19-13-36-24(28-19)29-23(35)27-16-7-8-17(22(31)32)20(30)11-16/h1-11,13,26,30H,12H2,(H,31,32)(H2,27,28,29,35). The van der Waals surface area contributed by atoms with E-state index >= 15 is 0 Å². The number of nitrogens with one attached hydrogen (secondary N) is 3. The van der Waals surface area contributed by atoms with E-state index in [-0.39, 0.29) is 17.2 Å². The van der Waals surface area contributed by atoms with Crippen molar-refractivity contribution in [3.05, 3.63) is 89.1 Å². The summed E-state index contributed by atoms with van der Waals surface area (Å²) in [7, 11) is -4.13. The van der Waals surface area contributed by atoms with Crippen molar-refractivity contribution < 1.29 is 27.8 Å². The molecule has 13 heteroatoms. The molecule has 0 saturated heterocycles. The number of aromatic carboxylic acids is 1. The minimum absolute atomic E-state index is 0.0128. The minimum Gasteiger partial charge on any atom is -0.507 e. The summed E-state index contributed by atoms with van der Waals surface area (Å²) in [5.74, 6) is -2.57. The van der Waals surface area contributed by atoms with E-state index in [1.165, 1.54) is 41.7 Å². The molecule has 5 N–H and O–H groups in total. The monoisotopic (exact) mass is 558 g/mol. The second-order valence-corrected chi connectivity index (χ2v) is 10.6. The molecule has 0 fully saturated rings. The largest absolute Gasteiger partial charge is 0.507 e. The number of nitrogens with zero attached hydrogens (tertiary/aromatic N) is 1. The number of hydrogen-bond acceptors (Lipinski definition) is 7. The molecule has 37 heavy (non-hydrogen) atoms. The second kappa shape index (κ2) is 11.0. The molecule has 0 unspecified atom stereocenters. The van der Waals surface area contributed by atoms with Gasteiger partial charge in [0, 0.05) is 29.2 Å². The SMILES string of the molecule is O=C(O)c1ccc(NC(=S)Nc2nc(-c3ccc(F)c(S(=O)(=O)NCc4ccccc4)c3)cs2)cc1O. The van der Waals surface area contributed by atoms with E-state index in [0.717, 1.165) is 11.6 Å². The van der Waals surface area contributed by atoms with Gasteiger partial charge in [0.1, 0.15) is 22.0 Å². The molecule has 1 heterocycles. The molecule has 0 spiro atoms. The van der Waals surface area contributed by atoms with Gasteiger partial charge >= 0.3 is 5.97 Å². The van der Waals surface area contributed by atoms with Gasteiger partial charge in [0.15, 0.2) is 10.2 Å². The molecule has 0 bridgehead atoms. The number of halogens is 1. The predicted octanol–water partition coefficient (Wildman–Crippen LogP) is 4.64. The first-order chi connectivity index (χ1) is 17.6. The van der Waals surface area contributed by atoms with Gasteiger partial charge in [-0.05, 0) is 48.1 Å².